The van der Waals surface area contributed by atoms with Crippen molar-refractivity contribution in [2.45, 2.75) is 26.0 Å². The molecule has 1 unspecified atom stereocenters. The van der Waals surface area contributed by atoms with Gasteiger partial charge in [-0.25, -0.2) is 4.99 Å². The highest BCUT2D eigenvalue weighted by atomic mass is 127. The molecule has 0 aliphatic carbocycles. The summed E-state index contributed by atoms with van der Waals surface area (Å²) in [6, 6.07) is 11.7. The number of benzene rings is 1. The SMILES string of the molecule is CCNC(=NCc1ccc(OCCOC)cc1)NCC(C)(O)c1cccs1.I. The van der Waals surface area contributed by atoms with Crippen molar-refractivity contribution in [3.8, 4) is 5.75 Å². The number of aliphatic imine (C=N–C) groups is 1. The molecule has 6 nitrogen and oxygen atoms in total. The van der Waals surface area contributed by atoms with Crippen molar-refractivity contribution in [3.05, 3.63) is 52.2 Å². The van der Waals surface area contributed by atoms with Crippen molar-refractivity contribution in [2.24, 2.45) is 4.99 Å². The molecule has 1 aromatic carbocycles. The molecule has 0 amide bonds. The zero-order chi connectivity index (χ0) is 19.5. The Kier molecular flexibility index (Phi) is 11.4. The predicted octanol–water partition coefficient (Wildman–Crippen LogP) is 3.35. The molecule has 1 heterocycles. The van der Waals surface area contributed by atoms with Crippen molar-refractivity contribution in [2.75, 3.05) is 33.4 Å². The molecule has 1 aromatic heterocycles. The minimum atomic E-state index is -0.939. The number of aliphatic hydroxyl groups is 1. The average Bonchev–Trinajstić information content (AvgIpc) is 3.21. The summed E-state index contributed by atoms with van der Waals surface area (Å²) >= 11 is 1.54. The van der Waals surface area contributed by atoms with Crippen LogP contribution in [0.4, 0.5) is 0 Å². The van der Waals surface area contributed by atoms with Crippen LogP contribution in [-0.4, -0.2) is 44.5 Å². The summed E-state index contributed by atoms with van der Waals surface area (Å²) in [5.74, 6) is 1.49. The van der Waals surface area contributed by atoms with Gasteiger partial charge in [0.25, 0.3) is 0 Å². The lowest BCUT2D eigenvalue weighted by molar-refractivity contribution is 0.0655. The number of hydrogen-bond acceptors (Lipinski definition) is 5. The first-order valence-electron chi connectivity index (χ1n) is 9.04. The number of methoxy groups -OCH3 is 1. The molecule has 0 aliphatic rings. The zero-order valence-corrected chi connectivity index (χ0v) is 19.8. The average molecular weight is 519 g/mol. The van der Waals surface area contributed by atoms with E-state index in [2.05, 4.69) is 15.6 Å². The van der Waals surface area contributed by atoms with Gasteiger partial charge in [0.2, 0.25) is 0 Å². The van der Waals surface area contributed by atoms with Gasteiger partial charge in [0.15, 0.2) is 5.96 Å². The summed E-state index contributed by atoms with van der Waals surface area (Å²) < 4.78 is 10.5. The van der Waals surface area contributed by atoms with E-state index >= 15 is 0 Å². The Morgan fingerprint density at radius 1 is 1.18 bits per heavy atom. The highest BCUT2D eigenvalue weighted by molar-refractivity contribution is 14.0. The van der Waals surface area contributed by atoms with Gasteiger partial charge in [0.1, 0.15) is 18.0 Å². The summed E-state index contributed by atoms with van der Waals surface area (Å²) in [7, 11) is 1.65. The van der Waals surface area contributed by atoms with Crippen molar-refractivity contribution in [1.29, 1.82) is 0 Å². The maximum Gasteiger partial charge on any atom is 0.191 e. The number of halogens is 1. The van der Waals surface area contributed by atoms with E-state index in [1.165, 1.54) is 0 Å². The molecule has 2 rings (SSSR count). The van der Waals surface area contributed by atoms with E-state index in [9.17, 15) is 5.11 Å². The van der Waals surface area contributed by atoms with E-state index in [4.69, 9.17) is 9.47 Å². The second-order valence-electron chi connectivity index (χ2n) is 6.29. The second-order valence-corrected chi connectivity index (χ2v) is 7.23. The number of hydrogen-bond donors (Lipinski definition) is 3. The number of guanidine groups is 1. The Balaban J connectivity index is 0.00000392. The lowest BCUT2D eigenvalue weighted by Crippen LogP contribution is -2.44. The fourth-order valence-electron chi connectivity index (χ4n) is 2.37. The van der Waals surface area contributed by atoms with E-state index in [0.29, 0.717) is 32.3 Å². The first-order chi connectivity index (χ1) is 13.0. The van der Waals surface area contributed by atoms with Crippen molar-refractivity contribution in [1.82, 2.24) is 10.6 Å². The lowest BCUT2D eigenvalue weighted by Gasteiger charge is -2.23. The monoisotopic (exact) mass is 519 g/mol. The third kappa shape index (κ3) is 8.34. The molecule has 1 atom stereocenters. The van der Waals surface area contributed by atoms with Crippen LogP contribution < -0.4 is 15.4 Å². The van der Waals surface area contributed by atoms with Crippen LogP contribution in [0.5, 0.6) is 5.75 Å². The van der Waals surface area contributed by atoms with Gasteiger partial charge in [-0.2, -0.15) is 0 Å². The van der Waals surface area contributed by atoms with Gasteiger partial charge in [0.05, 0.1) is 19.7 Å². The van der Waals surface area contributed by atoms with Gasteiger partial charge in [-0.05, 0) is 43.0 Å². The van der Waals surface area contributed by atoms with Crippen molar-refractivity contribution >= 4 is 41.3 Å². The van der Waals surface area contributed by atoms with Crippen LogP contribution in [0, 0.1) is 0 Å². The molecular formula is C20H30IN3O3S. The first-order valence-corrected chi connectivity index (χ1v) is 9.92. The summed E-state index contributed by atoms with van der Waals surface area (Å²) in [5, 5.41) is 19.0. The topological polar surface area (TPSA) is 75.1 Å². The first kappa shape index (κ1) is 24.7. The van der Waals surface area contributed by atoms with Crippen molar-refractivity contribution < 1.29 is 14.6 Å². The van der Waals surface area contributed by atoms with Gasteiger partial charge in [-0.3, -0.25) is 0 Å². The van der Waals surface area contributed by atoms with Crippen LogP contribution in [-0.2, 0) is 16.9 Å². The largest absolute Gasteiger partial charge is 0.491 e. The normalized spacial score (nSPS) is 13.4. The van der Waals surface area contributed by atoms with E-state index in [1.807, 2.05) is 48.7 Å². The van der Waals surface area contributed by atoms with E-state index < -0.39 is 5.60 Å². The molecule has 156 valence electrons. The van der Waals surface area contributed by atoms with Crippen LogP contribution in [0.1, 0.15) is 24.3 Å². The maximum absolute atomic E-state index is 10.6. The molecular weight excluding hydrogens is 489 g/mol. The third-order valence-corrected chi connectivity index (χ3v) is 5.02. The molecule has 28 heavy (non-hydrogen) atoms. The zero-order valence-electron chi connectivity index (χ0n) is 16.6. The van der Waals surface area contributed by atoms with Gasteiger partial charge in [-0.1, -0.05) is 18.2 Å². The fourth-order valence-corrected chi connectivity index (χ4v) is 3.16. The Hall–Kier alpha value is -1.36. The Morgan fingerprint density at radius 2 is 1.93 bits per heavy atom. The molecule has 2 aromatic rings. The second kappa shape index (κ2) is 13.0. The molecule has 0 saturated heterocycles. The highest BCUT2D eigenvalue weighted by Gasteiger charge is 2.24. The number of nitrogens with one attached hydrogen (secondary N) is 2. The van der Waals surface area contributed by atoms with E-state index in [1.54, 1.807) is 25.4 Å². The molecule has 0 aliphatic heterocycles. The summed E-state index contributed by atoms with van der Waals surface area (Å²) in [6.07, 6.45) is 0. The van der Waals surface area contributed by atoms with Crippen LogP contribution >= 0.6 is 35.3 Å². The van der Waals surface area contributed by atoms with Crippen molar-refractivity contribution in [3.63, 3.8) is 0 Å². The number of thiophene rings is 1. The summed E-state index contributed by atoms with van der Waals surface area (Å²) in [4.78, 5) is 5.52. The van der Waals surface area contributed by atoms with Crippen LogP contribution in [0.25, 0.3) is 0 Å². The van der Waals surface area contributed by atoms with E-state index in [-0.39, 0.29) is 24.0 Å². The lowest BCUT2D eigenvalue weighted by atomic mass is 10.1. The van der Waals surface area contributed by atoms with E-state index in [0.717, 1.165) is 22.7 Å². The molecule has 0 bridgehead atoms. The van der Waals surface area contributed by atoms with Gasteiger partial charge >= 0.3 is 0 Å². The number of nitrogens with zero attached hydrogens (tertiary/aromatic N) is 1. The Bertz CT molecular complexity index is 691. The molecule has 0 radical (unpaired) electrons. The standard InChI is InChI=1S/C20H29N3O3S.HI/c1-4-21-19(23-15-20(2,24)18-6-5-13-27-18)22-14-16-7-9-17(10-8-16)26-12-11-25-3;/h5-10,13,24H,4,11-12,14-15H2,1-3H3,(H2,21,22,23);1H. The quantitative estimate of drug-likeness (QED) is 0.194. The van der Waals surface area contributed by atoms with Crippen LogP contribution in [0.15, 0.2) is 46.8 Å². The summed E-state index contributed by atoms with van der Waals surface area (Å²) in [5.41, 5.74) is 0.141. The minimum Gasteiger partial charge on any atom is -0.491 e. The molecule has 0 saturated carbocycles. The molecule has 3 N–H and O–H groups in total. The molecule has 0 fully saturated rings. The van der Waals surface area contributed by atoms with Gasteiger partial charge < -0.3 is 25.2 Å². The van der Waals surface area contributed by atoms with Crippen LogP contribution in [0.3, 0.4) is 0 Å². The molecule has 0 spiro atoms. The summed E-state index contributed by atoms with van der Waals surface area (Å²) in [6.45, 7) is 6.59. The number of ether oxygens (including phenoxy) is 2. The smallest absolute Gasteiger partial charge is 0.191 e. The third-order valence-electron chi connectivity index (χ3n) is 3.90. The Labute approximate surface area is 188 Å². The number of rotatable bonds is 10. The van der Waals surface area contributed by atoms with Gasteiger partial charge in [0, 0.05) is 18.5 Å². The molecule has 8 heteroatoms. The predicted molar refractivity (Wildman–Crippen MR) is 126 cm³/mol. The fraction of sp³-hybridized carbons (Fsp3) is 0.450. The minimum absolute atomic E-state index is 0. The highest BCUT2D eigenvalue weighted by Crippen LogP contribution is 2.24. The Morgan fingerprint density at radius 3 is 2.54 bits per heavy atom. The van der Waals surface area contributed by atoms with Gasteiger partial charge in [-0.15, -0.1) is 35.3 Å². The van der Waals surface area contributed by atoms with Crippen LogP contribution in [0.2, 0.25) is 0 Å². The maximum atomic E-state index is 10.6.